The van der Waals surface area contributed by atoms with E-state index in [1.165, 1.54) is 0 Å². The Balaban J connectivity index is 2.69. The second kappa shape index (κ2) is 6.75. The lowest BCUT2D eigenvalue weighted by molar-refractivity contribution is 0.0897. The summed E-state index contributed by atoms with van der Waals surface area (Å²) < 4.78 is 0. The van der Waals surface area contributed by atoms with Crippen LogP contribution in [0.15, 0.2) is 24.3 Å². The average molecular weight is 278 g/mol. The average Bonchev–Trinajstić information content (AvgIpc) is 2.36. The molecule has 0 aliphatic carbocycles. The highest BCUT2D eigenvalue weighted by Gasteiger charge is 2.20. The first-order valence-corrected chi connectivity index (χ1v) is 6.92. The van der Waals surface area contributed by atoms with Crippen LogP contribution in [0.4, 0.5) is 5.69 Å². The summed E-state index contributed by atoms with van der Waals surface area (Å²) >= 11 is 0. The van der Waals surface area contributed by atoms with Crippen LogP contribution in [0, 0.1) is 5.41 Å². The third-order valence-corrected chi connectivity index (χ3v) is 3.06. The van der Waals surface area contributed by atoms with E-state index in [0.717, 1.165) is 12.1 Å². The number of aliphatic hydroxyl groups is 1. The third kappa shape index (κ3) is 5.21. The van der Waals surface area contributed by atoms with Gasteiger partial charge < -0.3 is 15.3 Å². The van der Waals surface area contributed by atoms with E-state index in [9.17, 15) is 9.90 Å². The first-order valence-electron chi connectivity index (χ1n) is 6.92. The number of aliphatic hydroxyl groups excluding tert-OH is 1. The monoisotopic (exact) mass is 278 g/mol. The van der Waals surface area contributed by atoms with E-state index in [1.807, 2.05) is 31.1 Å². The van der Waals surface area contributed by atoms with Gasteiger partial charge in [-0.15, -0.1) is 0 Å². The Morgan fingerprint density at radius 3 is 2.20 bits per heavy atom. The van der Waals surface area contributed by atoms with Crippen molar-refractivity contribution in [2.75, 3.05) is 25.6 Å². The quantitative estimate of drug-likeness (QED) is 0.869. The van der Waals surface area contributed by atoms with Gasteiger partial charge in [0.25, 0.3) is 5.91 Å². The minimum absolute atomic E-state index is 0.0429. The zero-order chi connectivity index (χ0) is 15.3. The van der Waals surface area contributed by atoms with Crippen molar-refractivity contribution < 1.29 is 9.90 Å². The van der Waals surface area contributed by atoms with Gasteiger partial charge >= 0.3 is 0 Å². The summed E-state index contributed by atoms with van der Waals surface area (Å²) in [6, 6.07) is 7.21. The molecular formula is C16H26N2O2. The topological polar surface area (TPSA) is 52.6 Å². The largest absolute Gasteiger partial charge is 0.394 e. The van der Waals surface area contributed by atoms with Crippen molar-refractivity contribution in [2.45, 2.75) is 33.2 Å². The van der Waals surface area contributed by atoms with Gasteiger partial charge in [-0.05, 0) is 36.1 Å². The van der Waals surface area contributed by atoms with Crippen LogP contribution < -0.4 is 10.2 Å². The second-order valence-electron chi connectivity index (χ2n) is 6.56. The fraction of sp³-hybridized carbons (Fsp3) is 0.562. The number of benzene rings is 1. The standard InChI is InChI=1S/C16H26N2O2/c1-16(2,3)10-13(11-19)17-15(20)12-6-8-14(9-7-12)18(4)5/h6-9,13,19H,10-11H2,1-5H3,(H,17,20)/t13-/m0/s1. The predicted molar refractivity (Wildman–Crippen MR) is 83.2 cm³/mol. The van der Waals surface area contributed by atoms with Crippen molar-refractivity contribution in [3.63, 3.8) is 0 Å². The van der Waals surface area contributed by atoms with Gasteiger partial charge in [0.1, 0.15) is 0 Å². The van der Waals surface area contributed by atoms with E-state index in [4.69, 9.17) is 0 Å². The molecule has 4 heteroatoms. The SMILES string of the molecule is CN(C)c1ccc(C(=O)N[C@H](CO)CC(C)(C)C)cc1. The van der Waals surface area contributed by atoms with E-state index in [1.54, 1.807) is 12.1 Å². The maximum atomic E-state index is 12.1. The number of carbonyl (C=O) groups excluding carboxylic acids is 1. The molecule has 1 aromatic carbocycles. The van der Waals surface area contributed by atoms with E-state index < -0.39 is 0 Å². The van der Waals surface area contributed by atoms with Crippen LogP contribution in [-0.2, 0) is 0 Å². The van der Waals surface area contributed by atoms with Crippen molar-refractivity contribution in [3.05, 3.63) is 29.8 Å². The Kier molecular flexibility index (Phi) is 5.57. The molecule has 1 atom stereocenters. The van der Waals surface area contributed by atoms with Crippen LogP contribution >= 0.6 is 0 Å². The molecule has 4 nitrogen and oxygen atoms in total. The van der Waals surface area contributed by atoms with Gasteiger partial charge in [-0.2, -0.15) is 0 Å². The highest BCUT2D eigenvalue weighted by Crippen LogP contribution is 2.21. The molecule has 20 heavy (non-hydrogen) atoms. The highest BCUT2D eigenvalue weighted by atomic mass is 16.3. The Bertz CT molecular complexity index is 433. The molecule has 2 N–H and O–H groups in total. The van der Waals surface area contributed by atoms with Crippen LogP contribution in [0.5, 0.6) is 0 Å². The van der Waals surface area contributed by atoms with Gasteiger partial charge in [0.15, 0.2) is 0 Å². The number of hydrogen-bond acceptors (Lipinski definition) is 3. The number of rotatable bonds is 5. The van der Waals surface area contributed by atoms with Crippen molar-refractivity contribution in [3.8, 4) is 0 Å². The van der Waals surface area contributed by atoms with Gasteiger partial charge in [-0.25, -0.2) is 0 Å². The number of hydrogen-bond donors (Lipinski definition) is 2. The molecule has 0 radical (unpaired) electrons. The van der Waals surface area contributed by atoms with E-state index in [0.29, 0.717) is 5.56 Å². The first kappa shape index (κ1) is 16.5. The molecule has 0 aliphatic rings. The van der Waals surface area contributed by atoms with Crippen LogP contribution in [0.3, 0.4) is 0 Å². The summed E-state index contributed by atoms with van der Waals surface area (Å²) in [6.07, 6.45) is 0.741. The number of nitrogens with zero attached hydrogens (tertiary/aromatic N) is 1. The zero-order valence-electron chi connectivity index (χ0n) is 13.1. The summed E-state index contributed by atoms with van der Waals surface area (Å²) in [7, 11) is 3.92. The first-order chi connectivity index (χ1) is 9.23. The maximum Gasteiger partial charge on any atom is 0.251 e. The molecule has 1 amide bonds. The van der Waals surface area contributed by atoms with Gasteiger partial charge in [-0.1, -0.05) is 20.8 Å². The maximum absolute atomic E-state index is 12.1. The molecule has 0 bridgehead atoms. The van der Waals surface area contributed by atoms with Gasteiger partial charge in [0.2, 0.25) is 0 Å². The summed E-state index contributed by atoms with van der Waals surface area (Å²) in [5, 5.41) is 12.3. The Morgan fingerprint density at radius 1 is 1.25 bits per heavy atom. The van der Waals surface area contributed by atoms with Crippen LogP contribution in [0.2, 0.25) is 0 Å². The number of nitrogens with one attached hydrogen (secondary N) is 1. The molecule has 0 saturated heterocycles. The summed E-state index contributed by atoms with van der Waals surface area (Å²) in [5.41, 5.74) is 1.73. The van der Waals surface area contributed by atoms with Gasteiger partial charge in [-0.3, -0.25) is 4.79 Å². The molecule has 1 aromatic rings. The van der Waals surface area contributed by atoms with E-state index in [2.05, 4.69) is 26.1 Å². The summed E-state index contributed by atoms with van der Waals surface area (Å²) in [4.78, 5) is 14.1. The predicted octanol–water partition coefficient (Wildman–Crippen LogP) is 2.28. The molecule has 0 unspecified atom stereocenters. The minimum atomic E-state index is -0.212. The molecule has 0 saturated carbocycles. The van der Waals surface area contributed by atoms with Gasteiger partial charge in [0, 0.05) is 25.3 Å². The number of carbonyl (C=O) groups is 1. The normalized spacial score (nSPS) is 12.9. The number of amides is 1. The minimum Gasteiger partial charge on any atom is -0.394 e. The van der Waals surface area contributed by atoms with Crippen LogP contribution in [0.1, 0.15) is 37.6 Å². The molecule has 0 heterocycles. The second-order valence-corrected chi connectivity index (χ2v) is 6.56. The Labute approximate surface area is 121 Å². The summed E-state index contributed by atoms with van der Waals surface area (Å²) in [6.45, 7) is 6.23. The summed E-state index contributed by atoms with van der Waals surface area (Å²) in [5.74, 6) is -0.140. The fourth-order valence-electron chi connectivity index (χ4n) is 2.08. The van der Waals surface area contributed by atoms with E-state index >= 15 is 0 Å². The molecule has 0 aromatic heterocycles. The molecule has 112 valence electrons. The van der Waals surface area contributed by atoms with Crippen LogP contribution in [-0.4, -0.2) is 37.8 Å². The molecule has 0 spiro atoms. The molecule has 1 rings (SSSR count). The number of anilines is 1. The highest BCUT2D eigenvalue weighted by molar-refractivity contribution is 5.94. The van der Waals surface area contributed by atoms with Crippen molar-refractivity contribution in [1.82, 2.24) is 5.32 Å². The van der Waals surface area contributed by atoms with E-state index in [-0.39, 0.29) is 24.0 Å². The lowest BCUT2D eigenvalue weighted by Gasteiger charge is -2.25. The lowest BCUT2D eigenvalue weighted by atomic mass is 9.88. The van der Waals surface area contributed by atoms with Gasteiger partial charge in [0.05, 0.1) is 12.6 Å². The van der Waals surface area contributed by atoms with Crippen molar-refractivity contribution in [2.24, 2.45) is 5.41 Å². The fourth-order valence-corrected chi connectivity index (χ4v) is 2.08. The molecule has 0 aliphatic heterocycles. The molecular weight excluding hydrogens is 252 g/mol. The Hall–Kier alpha value is -1.55. The lowest BCUT2D eigenvalue weighted by Crippen LogP contribution is -2.40. The van der Waals surface area contributed by atoms with Crippen molar-refractivity contribution >= 4 is 11.6 Å². The third-order valence-electron chi connectivity index (χ3n) is 3.06. The van der Waals surface area contributed by atoms with Crippen molar-refractivity contribution in [1.29, 1.82) is 0 Å². The molecule has 0 fully saturated rings. The Morgan fingerprint density at radius 2 is 1.80 bits per heavy atom. The zero-order valence-corrected chi connectivity index (χ0v) is 13.1. The smallest absolute Gasteiger partial charge is 0.251 e. The van der Waals surface area contributed by atoms with Crippen LogP contribution in [0.25, 0.3) is 0 Å².